The SMILES string of the molecule is CC1=CCC(C(C)=Cc2csc(C)n2)OC(=O)C[C@H](O)C(C)(C)C(=O)[C@H](C)[C@@H](O)[C@@H](C)CCC1. The number of aryl methyl sites for hydroxylation is 1. The molecule has 0 amide bonds. The highest BCUT2D eigenvalue weighted by molar-refractivity contribution is 7.09. The summed E-state index contributed by atoms with van der Waals surface area (Å²) in [5.41, 5.74) is 1.71. The van der Waals surface area contributed by atoms with Crippen molar-refractivity contribution in [2.45, 2.75) is 98.9 Å². The molecule has 1 aromatic rings. The maximum atomic E-state index is 13.2. The normalized spacial score (nSPS) is 30.6. The molecule has 1 aliphatic rings. The number of ether oxygens (including phenoxy) is 1. The Morgan fingerprint density at radius 1 is 1.24 bits per heavy atom. The van der Waals surface area contributed by atoms with Crippen molar-refractivity contribution in [1.29, 1.82) is 0 Å². The Hall–Kier alpha value is -1.83. The van der Waals surface area contributed by atoms with Gasteiger partial charge in [0.1, 0.15) is 11.9 Å². The van der Waals surface area contributed by atoms with Gasteiger partial charge in [-0.1, -0.05) is 39.3 Å². The number of hydrogen-bond donors (Lipinski definition) is 2. The van der Waals surface area contributed by atoms with Gasteiger partial charge in [-0.15, -0.1) is 11.3 Å². The van der Waals surface area contributed by atoms with Crippen LogP contribution in [0.25, 0.3) is 6.08 Å². The number of aliphatic hydroxyl groups excluding tert-OH is 2. The molecule has 0 spiro atoms. The Labute approximate surface area is 208 Å². The zero-order valence-corrected chi connectivity index (χ0v) is 22.4. The van der Waals surface area contributed by atoms with E-state index < -0.39 is 35.6 Å². The van der Waals surface area contributed by atoms with Crippen LogP contribution in [0.3, 0.4) is 0 Å². The van der Waals surface area contributed by atoms with E-state index in [9.17, 15) is 19.8 Å². The van der Waals surface area contributed by atoms with E-state index in [0.717, 1.165) is 35.5 Å². The van der Waals surface area contributed by atoms with E-state index in [4.69, 9.17) is 4.74 Å². The van der Waals surface area contributed by atoms with Gasteiger partial charge in [0.05, 0.1) is 34.7 Å². The minimum Gasteiger partial charge on any atom is -0.457 e. The van der Waals surface area contributed by atoms with Crippen molar-refractivity contribution in [3.63, 3.8) is 0 Å². The van der Waals surface area contributed by atoms with Crippen LogP contribution in [-0.4, -0.2) is 45.3 Å². The lowest BCUT2D eigenvalue weighted by atomic mass is 9.73. The minimum absolute atomic E-state index is 0.0444. The van der Waals surface area contributed by atoms with Crippen LogP contribution in [0, 0.1) is 24.2 Å². The van der Waals surface area contributed by atoms with Crippen LogP contribution < -0.4 is 0 Å². The van der Waals surface area contributed by atoms with Gasteiger partial charge in [-0.2, -0.15) is 0 Å². The number of nitrogens with zero attached hydrogens (tertiary/aromatic N) is 1. The van der Waals surface area contributed by atoms with Crippen molar-refractivity contribution in [2.24, 2.45) is 17.3 Å². The lowest BCUT2D eigenvalue weighted by Gasteiger charge is -2.34. The predicted octanol–water partition coefficient (Wildman–Crippen LogP) is 5.27. The van der Waals surface area contributed by atoms with Gasteiger partial charge in [0.15, 0.2) is 0 Å². The van der Waals surface area contributed by atoms with Crippen molar-refractivity contribution < 1.29 is 24.5 Å². The molecule has 0 radical (unpaired) electrons. The maximum absolute atomic E-state index is 13.2. The molecule has 34 heavy (non-hydrogen) atoms. The quantitative estimate of drug-likeness (QED) is 0.432. The Morgan fingerprint density at radius 3 is 2.53 bits per heavy atom. The largest absolute Gasteiger partial charge is 0.457 e. The molecule has 0 bridgehead atoms. The number of aromatic nitrogens is 1. The molecule has 1 aromatic heterocycles. The summed E-state index contributed by atoms with van der Waals surface area (Å²) in [7, 11) is 0. The summed E-state index contributed by atoms with van der Waals surface area (Å²) in [4.78, 5) is 30.5. The fourth-order valence-electron chi connectivity index (χ4n) is 4.40. The topological polar surface area (TPSA) is 96.7 Å². The summed E-state index contributed by atoms with van der Waals surface area (Å²) in [6.07, 6.45) is 4.33. The Balaban J connectivity index is 2.33. The summed E-state index contributed by atoms with van der Waals surface area (Å²) >= 11 is 1.56. The summed E-state index contributed by atoms with van der Waals surface area (Å²) in [6, 6.07) is 0. The molecule has 2 N–H and O–H groups in total. The van der Waals surface area contributed by atoms with E-state index in [-0.39, 0.29) is 18.1 Å². The molecule has 0 saturated heterocycles. The van der Waals surface area contributed by atoms with Crippen LogP contribution in [0.1, 0.15) is 84.3 Å². The lowest BCUT2D eigenvalue weighted by Crippen LogP contribution is -2.45. The maximum Gasteiger partial charge on any atom is 0.309 e. The standard InChI is InChI=1S/C27H41NO5S/c1-16-9-8-10-17(2)25(31)19(4)26(32)27(6,7)23(29)14-24(30)33-22(12-11-16)18(3)13-21-15-34-20(5)28-21/h11,13,15,17,19,22-23,25,29,31H,8-10,12,14H2,1-7H3/t17-,19+,22?,23-,25-/m0/s1. The number of aliphatic hydroxyl groups is 2. The van der Waals surface area contributed by atoms with Crippen LogP contribution in [0.2, 0.25) is 0 Å². The van der Waals surface area contributed by atoms with Gasteiger partial charge >= 0.3 is 5.97 Å². The molecule has 0 fully saturated rings. The fraction of sp³-hybridized carbons (Fsp3) is 0.667. The first-order chi connectivity index (χ1) is 15.8. The van der Waals surface area contributed by atoms with Gasteiger partial charge in [-0.05, 0) is 57.6 Å². The molecule has 2 heterocycles. The van der Waals surface area contributed by atoms with Crippen LogP contribution in [0.15, 0.2) is 22.6 Å². The van der Waals surface area contributed by atoms with Gasteiger partial charge in [0, 0.05) is 17.7 Å². The number of hydrogen-bond acceptors (Lipinski definition) is 7. The number of ketones is 1. The van der Waals surface area contributed by atoms with Gasteiger partial charge in [0.25, 0.3) is 0 Å². The van der Waals surface area contributed by atoms with Crippen molar-refractivity contribution >= 4 is 29.2 Å². The van der Waals surface area contributed by atoms with Crippen LogP contribution in [0.4, 0.5) is 0 Å². The van der Waals surface area contributed by atoms with E-state index in [1.165, 1.54) is 5.57 Å². The highest BCUT2D eigenvalue weighted by Gasteiger charge is 2.42. The number of rotatable bonds is 2. The van der Waals surface area contributed by atoms with E-state index in [0.29, 0.717) is 6.42 Å². The van der Waals surface area contributed by atoms with Crippen LogP contribution in [-0.2, 0) is 14.3 Å². The van der Waals surface area contributed by atoms with E-state index in [1.54, 1.807) is 32.1 Å². The molecule has 190 valence electrons. The number of esters is 1. The summed E-state index contributed by atoms with van der Waals surface area (Å²) in [6.45, 7) is 12.8. The number of thiazole rings is 1. The first-order valence-corrected chi connectivity index (χ1v) is 13.1. The Kier molecular flexibility index (Phi) is 10.2. The average Bonchev–Trinajstić information content (AvgIpc) is 3.18. The second-order valence-electron chi connectivity index (χ2n) is 10.4. The third-order valence-corrected chi connectivity index (χ3v) is 7.83. The minimum atomic E-state index is -1.21. The highest BCUT2D eigenvalue weighted by Crippen LogP contribution is 2.32. The van der Waals surface area contributed by atoms with Crippen molar-refractivity contribution in [3.8, 4) is 0 Å². The molecular formula is C27H41NO5S. The molecular weight excluding hydrogens is 450 g/mol. The average molecular weight is 492 g/mol. The molecule has 0 saturated carbocycles. The molecule has 0 aromatic carbocycles. The molecule has 1 aliphatic heterocycles. The zero-order valence-electron chi connectivity index (χ0n) is 21.6. The number of carbonyl (C=O) groups is 2. The second kappa shape index (κ2) is 12.2. The highest BCUT2D eigenvalue weighted by atomic mass is 32.1. The predicted molar refractivity (Wildman–Crippen MR) is 136 cm³/mol. The first-order valence-electron chi connectivity index (χ1n) is 12.2. The third kappa shape index (κ3) is 7.59. The monoisotopic (exact) mass is 491 g/mol. The van der Waals surface area contributed by atoms with Crippen molar-refractivity contribution in [1.82, 2.24) is 4.98 Å². The van der Waals surface area contributed by atoms with Crippen molar-refractivity contribution in [3.05, 3.63) is 33.3 Å². The Bertz CT molecular complexity index is 916. The van der Waals surface area contributed by atoms with Gasteiger partial charge in [-0.25, -0.2) is 4.98 Å². The van der Waals surface area contributed by atoms with E-state index >= 15 is 0 Å². The van der Waals surface area contributed by atoms with Crippen LogP contribution in [0.5, 0.6) is 0 Å². The summed E-state index contributed by atoms with van der Waals surface area (Å²) in [5.74, 6) is -1.49. The summed E-state index contributed by atoms with van der Waals surface area (Å²) in [5, 5.41) is 24.5. The smallest absolute Gasteiger partial charge is 0.309 e. The second-order valence-corrected chi connectivity index (χ2v) is 11.5. The molecule has 6 nitrogen and oxygen atoms in total. The number of carbonyl (C=O) groups excluding carboxylic acids is 2. The fourth-order valence-corrected chi connectivity index (χ4v) is 4.97. The summed E-state index contributed by atoms with van der Waals surface area (Å²) < 4.78 is 5.81. The molecule has 5 atom stereocenters. The molecule has 0 aliphatic carbocycles. The third-order valence-electron chi connectivity index (χ3n) is 7.04. The molecule has 7 heteroatoms. The van der Waals surface area contributed by atoms with Crippen LogP contribution >= 0.6 is 11.3 Å². The van der Waals surface area contributed by atoms with Gasteiger partial charge in [0.2, 0.25) is 0 Å². The van der Waals surface area contributed by atoms with E-state index in [1.807, 2.05) is 32.2 Å². The van der Waals surface area contributed by atoms with Gasteiger partial charge < -0.3 is 14.9 Å². The van der Waals surface area contributed by atoms with Gasteiger partial charge in [-0.3, -0.25) is 9.59 Å². The zero-order chi connectivity index (χ0) is 25.6. The lowest BCUT2D eigenvalue weighted by molar-refractivity contribution is -0.154. The molecule has 2 rings (SSSR count). The Morgan fingerprint density at radius 2 is 1.91 bits per heavy atom. The number of Topliss-reactive ketones (excluding diaryl/α,β-unsaturated/α-hetero) is 1. The number of allylic oxidation sites excluding steroid dienone is 1. The number of cyclic esters (lactones) is 1. The first kappa shape index (κ1) is 28.4. The molecule has 1 unspecified atom stereocenters. The van der Waals surface area contributed by atoms with E-state index in [2.05, 4.69) is 18.0 Å². The van der Waals surface area contributed by atoms with Crippen molar-refractivity contribution in [2.75, 3.05) is 0 Å².